The van der Waals surface area contributed by atoms with Crippen molar-refractivity contribution < 1.29 is 14.0 Å². The number of rotatable bonds is 2. The molecule has 0 spiro atoms. The van der Waals surface area contributed by atoms with Crippen LogP contribution in [0, 0.1) is 19.7 Å². The van der Waals surface area contributed by atoms with Crippen LogP contribution in [0.1, 0.15) is 21.5 Å². The molecular weight excluding hydrogens is 309 g/mol. The van der Waals surface area contributed by atoms with E-state index in [2.05, 4.69) is 4.98 Å². The number of nitrogens with zero attached hydrogens (tertiary/aromatic N) is 3. The Labute approximate surface area is 139 Å². The van der Waals surface area contributed by atoms with E-state index in [1.165, 1.54) is 11.1 Å². The summed E-state index contributed by atoms with van der Waals surface area (Å²) >= 11 is 0. The number of benzene rings is 1. The van der Waals surface area contributed by atoms with Gasteiger partial charge in [0.05, 0.1) is 11.8 Å². The zero-order chi connectivity index (χ0) is 17.3. The molecule has 24 heavy (non-hydrogen) atoms. The van der Waals surface area contributed by atoms with Crippen molar-refractivity contribution in [3.63, 3.8) is 0 Å². The molecule has 2 amide bonds. The van der Waals surface area contributed by atoms with Gasteiger partial charge in [-0.2, -0.15) is 0 Å². The summed E-state index contributed by atoms with van der Waals surface area (Å²) in [6.07, 6.45) is 2.35. The Hall–Kier alpha value is -2.76. The van der Waals surface area contributed by atoms with Gasteiger partial charge in [0.2, 0.25) is 5.91 Å². The van der Waals surface area contributed by atoms with Crippen molar-refractivity contribution in [1.82, 2.24) is 9.88 Å². The van der Waals surface area contributed by atoms with Crippen molar-refractivity contribution in [3.8, 4) is 0 Å². The molecule has 1 aliphatic rings. The van der Waals surface area contributed by atoms with E-state index in [-0.39, 0.29) is 23.9 Å². The minimum absolute atomic E-state index is 0.0255. The van der Waals surface area contributed by atoms with E-state index >= 15 is 0 Å². The lowest BCUT2D eigenvalue weighted by Gasteiger charge is -2.34. The van der Waals surface area contributed by atoms with Gasteiger partial charge in [0, 0.05) is 25.0 Å². The van der Waals surface area contributed by atoms with Gasteiger partial charge in [0.1, 0.15) is 12.4 Å². The van der Waals surface area contributed by atoms with Gasteiger partial charge in [-0.15, -0.1) is 0 Å². The summed E-state index contributed by atoms with van der Waals surface area (Å²) in [6.45, 7) is 4.75. The van der Waals surface area contributed by atoms with Crippen LogP contribution in [-0.2, 0) is 4.79 Å². The van der Waals surface area contributed by atoms with Crippen LogP contribution in [0.5, 0.6) is 0 Å². The first-order chi connectivity index (χ1) is 11.4. The summed E-state index contributed by atoms with van der Waals surface area (Å²) in [5.41, 5.74) is 3.17. The molecule has 1 fully saturated rings. The molecule has 0 N–H and O–H groups in total. The summed E-state index contributed by atoms with van der Waals surface area (Å²) < 4.78 is 13.2. The Morgan fingerprint density at radius 2 is 1.79 bits per heavy atom. The number of carbonyl (C=O) groups is 2. The van der Waals surface area contributed by atoms with Gasteiger partial charge < -0.3 is 9.80 Å². The van der Waals surface area contributed by atoms with Crippen molar-refractivity contribution >= 4 is 17.5 Å². The SMILES string of the molecule is Cc1cc(C)cc(N2CCN(C(=O)c3cncc(F)c3)CC2=O)c1. The van der Waals surface area contributed by atoms with Gasteiger partial charge >= 0.3 is 0 Å². The van der Waals surface area contributed by atoms with E-state index in [4.69, 9.17) is 0 Å². The van der Waals surface area contributed by atoms with Gasteiger partial charge in [-0.3, -0.25) is 14.6 Å². The molecule has 2 aromatic rings. The smallest absolute Gasteiger partial charge is 0.256 e. The van der Waals surface area contributed by atoms with Crippen molar-refractivity contribution in [2.24, 2.45) is 0 Å². The zero-order valence-electron chi connectivity index (χ0n) is 13.6. The molecule has 1 aliphatic heterocycles. The monoisotopic (exact) mass is 327 g/mol. The number of amides is 2. The molecule has 2 heterocycles. The molecule has 0 aliphatic carbocycles. The maximum atomic E-state index is 13.2. The van der Waals surface area contributed by atoms with Crippen molar-refractivity contribution in [2.45, 2.75) is 13.8 Å². The Kier molecular flexibility index (Phi) is 4.29. The largest absolute Gasteiger partial charge is 0.327 e. The predicted octanol–water partition coefficient (Wildman–Crippen LogP) is 2.33. The highest BCUT2D eigenvalue weighted by Gasteiger charge is 2.29. The number of hydrogen-bond donors (Lipinski definition) is 0. The normalized spacial score (nSPS) is 14.9. The highest BCUT2D eigenvalue weighted by atomic mass is 19.1. The second-order valence-corrected chi connectivity index (χ2v) is 6.01. The number of halogens is 1. The standard InChI is InChI=1S/C18H18FN3O2/c1-12-5-13(2)7-16(6-12)22-4-3-21(11-17(22)23)18(24)14-8-15(19)10-20-9-14/h5-10H,3-4,11H2,1-2H3. The first-order valence-corrected chi connectivity index (χ1v) is 7.72. The van der Waals surface area contributed by atoms with Crippen LogP contribution < -0.4 is 4.90 Å². The third-order valence-electron chi connectivity index (χ3n) is 3.98. The molecule has 0 saturated carbocycles. The second kappa shape index (κ2) is 6.39. The molecule has 1 aromatic carbocycles. The van der Waals surface area contributed by atoms with E-state index in [9.17, 15) is 14.0 Å². The highest BCUT2D eigenvalue weighted by molar-refractivity contribution is 6.01. The van der Waals surface area contributed by atoms with Crippen molar-refractivity contribution in [3.05, 3.63) is 59.2 Å². The summed E-state index contributed by atoms with van der Waals surface area (Å²) in [4.78, 5) is 31.7. The summed E-state index contributed by atoms with van der Waals surface area (Å²) in [5, 5.41) is 0. The molecule has 3 rings (SSSR count). The second-order valence-electron chi connectivity index (χ2n) is 6.01. The van der Waals surface area contributed by atoms with Crippen molar-refractivity contribution in [1.29, 1.82) is 0 Å². The van der Waals surface area contributed by atoms with Gasteiger partial charge in [-0.05, 0) is 43.2 Å². The Morgan fingerprint density at radius 1 is 1.08 bits per heavy atom. The molecular formula is C18H18FN3O2. The summed E-state index contributed by atoms with van der Waals surface area (Å²) in [5.74, 6) is -1.10. The minimum Gasteiger partial charge on any atom is -0.327 e. The minimum atomic E-state index is -0.568. The van der Waals surface area contributed by atoms with Crippen LogP contribution in [0.3, 0.4) is 0 Å². The average molecular weight is 327 g/mol. The van der Waals surface area contributed by atoms with Crippen LogP contribution in [0.2, 0.25) is 0 Å². The van der Waals surface area contributed by atoms with Gasteiger partial charge in [-0.1, -0.05) is 6.07 Å². The topological polar surface area (TPSA) is 53.5 Å². The van der Waals surface area contributed by atoms with Crippen LogP contribution >= 0.6 is 0 Å². The fourth-order valence-electron chi connectivity index (χ4n) is 2.94. The first kappa shape index (κ1) is 16.1. The molecule has 0 unspecified atom stereocenters. The van der Waals surface area contributed by atoms with Gasteiger partial charge in [-0.25, -0.2) is 4.39 Å². The van der Waals surface area contributed by atoms with Crippen LogP contribution in [0.25, 0.3) is 0 Å². The first-order valence-electron chi connectivity index (χ1n) is 7.72. The fraction of sp³-hybridized carbons (Fsp3) is 0.278. The Balaban J connectivity index is 1.75. The van der Waals surface area contributed by atoms with Crippen LogP contribution in [0.15, 0.2) is 36.7 Å². The maximum absolute atomic E-state index is 13.2. The average Bonchev–Trinajstić information content (AvgIpc) is 2.53. The number of pyridine rings is 1. The lowest BCUT2D eigenvalue weighted by atomic mass is 10.1. The van der Waals surface area contributed by atoms with Crippen LogP contribution in [0.4, 0.5) is 10.1 Å². The predicted molar refractivity (Wildman–Crippen MR) is 88.4 cm³/mol. The number of piperazine rings is 1. The van der Waals surface area contributed by atoms with Crippen molar-refractivity contribution in [2.75, 3.05) is 24.5 Å². The summed E-state index contributed by atoms with van der Waals surface area (Å²) in [7, 11) is 0. The molecule has 5 nitrogen and oxygen atoms in total. The molecule has 1 saturated heterocycles. The quantitative estimate of drug-likeness (QED) is 0.851. The number of aryl methyl sites for hydroxylation is 2. The van der Waals surface area contributed by atoms with Gasteiger partial charge in [0.25, 0.3) is 5.91 Å². The van der Waals surface area contributed by atoms with E-state index in [0.717, 1.165) is 29.1 Å². The molecule has 6 heteroatoms. The van der Waals surface area contributed by atoms with Crippen LogP contribution in [-0.4, -0.2) is 41.3 Å². The maximum Gasteiger partial charge on any atom is 0.256 e. The van der Waals surface area contributed by atoms with E-state index in [1.807, 2.05) is 32.0 Å². The van der Waals surface area contributed by atoms with E-state index < -0.39 is 5.82 Å². The molecule has 0 radical (unpaired) electrons. The number of anilines is 1. The Bertz CT molecular complexity index is 786. The number of aromatic nitrogens is 1. The fourth-order valence-corrected chi connectivity index (χ4v) is 2.94. The lowest BCUT2D eigenvalue weighted by Crippen LogP contribution is -2.52. The van der Waals surface area contributed by atoms with E-state index in [0.29, 0.717) is 13.1 Å². The molecule has 1 aromatic heterocycles. The molecule has 124 valence electrons. The summed E-state index contributed by atoms with van der Waals surface area (Å²) in [6, 6.07) is 7.10. The number of hydrogen-bond acceptors (Lipinski definition) is 3. The zero-order valence-corrected chi connectivity index (χ0v) is 13.6. The highest BCUT2D eigenvalue weighted by Crippen LogP contribution is 2.21. The third kappa shape index (κ3) is 3.27. The lowest BCUT2D eigenvalue weighted by molar-refractivity contribution is -0.120. The number of carbonyl (C=O) groups excluding carboxylic acids is 2. The van der Waals surface area contributed by atoms with E-state index in [1.54, 1.807) is 4.90 Å². The Morgan fingerprint density at radius 3 is 2.42 bits per heavy atom. The van der Waals surface area contributed by atoms with Gasteiger partial charge in [0.15, 0.2) is 0 Å². The molecule has 0 atom stereocenters. The molecule has 0 bridgehead atoms. The third-order valence-corrected chi connectivity index (χ3v) is 3.98.